The first kappa shape index (κ1) is 21.5. The lowest BCUT2D eigenvalue weighted by Gasteiger charge is -2.18. The van der Waals surface area contributed by atoms with E-state index < -0.39 is 6.36 Å². The summed E-state index contributed by atoms with van der Waals surface area (Å²) in [5.74, 6) is -0.470. The maximum absolute atomic E-state index is 12.2. The van der Waals surface area contributed by atoms with Gasteiger partial charge < -0.3 is 19.7 Å². The Morgan fingerprint density at radius 3 is 2.65 bits per heavy atom. The first-order valence-electron chi connectivity index (χ1n) is 6.60. The van der Waals surface area contributed by atoms with Crippen molar-refractivity contribution in [3.8, 4) is 5.75 Å². The van der Waals surface area contributed by atoms with Crippen molar-refractivity contribution >= 4 is 18.3 Å². The highest BCUT2D eigenvalue weighted by Crippen LogP contribution is 2.23. The number of likely N-dealkylation sites (N-methyl/N-ethyl adjacent to an activating group) is 1. The molecule has 23 heavy (non-hydrogen) atoms. The van der Waals surface area contributed by atoms with E-state index >= 15 is 0 Å². The van der Waals surface area contributed by atoms with E-state index in [0.29, 0.717) is 18.7 Å². The second kappa shape index (κ2) is 10.3. The van der Waals surface area contributed by atoms with E-state index in [2.05, 4.69) is 10.1 Å². The molecular formula is C14H20ClF3N2O3. The SMILES string of the molecule is COCCNCC(=O)N(C)Cc1cccc(OC(F)(F)F)c1.Cl. The average molecular weight is 357 g/mol. The summed E-state index contributed by atoms with van der Waals surface area (Å²) in [5.41, 5.74) is 0.550. The van der Waals surface area contributed by atoms with E-state index in [9.17, 15) is 18.0 Å². The van der Waals surface area contributed by atoms with Crippen molar-refractivity contribution in [3.63, 3.8) is 0 Å². The van der Waals surface area contributed by atoms with Crippen LogP contribution in [0.4, 0.5) is 13.2 Å². The van der Waals surface area contributed by atoms with Gasteiger partial charge in [0, 0.05) is 27.2 Å². The first-order valence-corrected chi connectivity index (χ1v) is 6.60. The zero-order chi connectivity index (χ0) is 16.6. The van der Waals surface area contributed by atoms with E-state index in [4.69, 9.17) is 4.74 Å². The number of carbonyl (C=O) groups excluding carboxylic acids is 1. The van der Waals surface area contributed by atoms with Crippen LogP contribution >= 0.6 is 12.4 Å². The molecular weight excluding hydrogens is 337 g/mol. The normalized spacial score (nSPS) is 10.8. The summed E-state index contributed by atoms with van der Waals surface area (Å²) in [7, 11) is 3.14. The monoisotopic (exact) mass is 356 g/mol. The fourth-order valence-electron chi connectivity index (χ4n) is 1.71. The van der Waals surface area contributed by atoms with Crippen LogP contribution in [0.25, 0.3) is 0 Å². The van der Waals surface area contributed by atoms with Gasteiger partial charge in [-0.1, -0.05) is 12.1 Å². The Morgan fingerprint density at radius 2 is 2.04 bits per heavy atom. The second-order valence-corrected chi connectivity index (χ2v) is 4.61. The standard InChI is InChI=1S/C14H19F3N2O3.ClH/c1-19(13(20)9-18-6-7-21-2)10-11-4-3-5-12(8-11)22-14(15,16)17;/h3-5,8,18H,6-7,9-10H2,1-2H3;1H. The molecule has 9 heteroatoms. The largest absolute Gasteiger partial charge is 0.573 e. The van der Waals surface area contributed by atoms with Crippen LogP contribution in [-0.2, 0) is 16.1 Å². The summed E-state index contributed by atoms with van der Waals surface area (Å²) in [6.07, 6.45) is -4.73. The third kappa shape index (κ3) is 9.27. The summed E-state index contributed by atoms with van der Waals surface area (Å²) < 4.78 is 45.2. The van der Waals surface area contributed by atoms with Crippen LogP contribution in [0.1, 0.15) is 5.56 Å². The molecule has 0 unspecified atom stereocenters. The molecule has 1 N–H and O–H groups in total. The lowest BCUT2D eigenvalue weighted by Crippen LogP contribution is -2.36. The lowest BCUT2D eigenvalue weighted by molar-refractivity contribution is -0.274. The van der Waals surface area contributed by atoms with Gasteiger partial charge in [-0.25, -0.2) is 0 Å². The van der Waals surface area contributed by atoms with E-state index in [1.807, 2.05) is 0 Å². The Morgan fingerprint density at radius 1 is 1.35 bits per heavy atom. The summed E-state index contributed by atoms with van der Waals surface area (Å²) in [6.45, 7) is 1.37. The fraction of sp³-hybridized carbons (Fsp3) is 0.500. The number of nitrogens with one attached hydrogen (secondary N) is 1. The number of nitrogens with zero attached hydrogens (tertiary/aromatic N) is 1. The van der Waals surface area contributed by atoms with Crippen LogP contribution < -0.4 is 10.1 Å². The van der Waals surface area contributed by atoms with Crippen LogP contribution in [-0.4, -0.2) is 51.0 Å². The zero-order valence-corrected chi connectivity index (χ0v) is 13.7. The van der Waals surface area contributed by atoms with Gasteiger partial charge in [-0.05, 0) is 17.7 Å². The molecule has 0 aliphatic carbocycles. The predicted octanol–water partition coefficient (Wildman–Crippen LogP) is 2.20. The molecule has 0 aliphatic rings. The summed E-state index contributed by atoms with van der Waals surface area (Å²) in [5, 5.41) is 2.91. The van der Waals surface area contributed by atoms with Crippen molar-refractivity contribution in [1.29, 1.82) is 0 Å². The highest BCUT2D eigenvalue weighted by molar-refractivity contribution is 5.85. The lowest BCUT2D eigenvalue weighted by atomic mass is 10.2. The second-order valence-electron chi connectivity index (χ2n) is 4.61. The summed E-state index contributed by atoms with van der Waals surface area (Å²) in [6, 6.07) is 5.55. The van der Waals surface area contributed by atoms with Gasteiger partial charge in [0.05, 0.1) is 13.2 Å². The van der Waals surface area contributed by atoms with Crippen LogP contribution in [0, 0.1) is 0 Å². The van der Waals surface area contributed by atoms with E-state index in [1.165, 1.54) is 23.1 Å². The van der Waals surface area contributed by atoms with Gasteiger partial charge >= 0.3 is 6.36 Å². The zero-order valence-electron chi connectivity index (χ0n) is 12.9. The molecule has 1 aromatic rings. The van der Waals surface area contributed by atoms with Gasteiger partial charge in [-0.3, -0.25) is 4.79 Å². The first-order chi connectivity index (χ1) is 10.3. The number of benzene rings is 1. The van der Waals surface area contributed by atoms with Crippen LogP contribution in [0.2, 0.25) is 0 Å². The number of methoxy groups -OCH3 is 1. The number of carbonyl (C=O) groups is 1. The molecule has 132 valence electrons. The van der Waals surface area contributed by atoms with Gasteiger partial charge in [-0.2, -0.15) is 0 Å². The van der Waals surface area contributed by atoms with Gasteiger partial charge in [-0.15, -0.1) is 25.6 Å². The maximum Gasteiger partial charge on any atom is 0.573 e. The molecule has 1 amide bonds. The topological polar surface area (TPSA) is 50.8 Å². The average Bonchev–Trinajstić information content (AvgIpc) is 2.41. The number of alkyl halides is 3. The van der Waals surface area contributed by atoms with Crippen molar-refractivity contribution in [3.05, 3.63) is 29.8 Å². The molecule has 0 heterocycles. The van der Waals surface area contributed by atoms with Crippen molar-refractivity contribution in [2.45, 2.75) is 12.9 Å². The molecule has 0 fully saturated rings. The highest BCUT2D eigenvalue weighted by Gasteiger charge is 2.31. The van der Waals surface area contributed by atoms with Gasteiger partial charge in [0.1, 0.15) is 5.75 Å². The number of hydrogen-bond acceptors (Lipinski definition) is 4. The van der Waals surface area contributed by atoms with Crippen LogP contribution in [0.5, 0.6) is 5.75 Å². The minimum Gasteiger partial charge on any atom is -0.406 e. The molecule has 0 radical (unpaired) electrons. The Hall–Kier alpha value is -1.51. The van der Waals surface area contributed by atoms with E-state index in [1.54, 1.807) is 20.2 Å². The van der Waals surface area contributed by atoms with E-state index in [0.717, 1.165) is 0 Å². The van der Waals surface area contributed by atoms with E-state index in [-0.39, 0.29) is 37.2 Å². The minimum absolute atomic E-state index is 0. The fourth-order valence-corrected chi connectivity index (χ4v) is 1.71. The number of rotatable bonds is 8. The van der Waals surface area contributed by atoms with Crippen molar-refractivity contribution in [2.24, 2.45) is 0 Å². The molecule has 0 aliphatic heterocycles. The van der Waals surface area contributed by atoms with Crippen LogP contribution in [0.15, 0.2) is 24.3 Å². The quantitative estimate of drug-likeness (QED) is 0.726. The minimum atomic E-state index is -4.73. The van der Waals surface area contributed by atoms with Crippen molar-refractivity contribution < 1.29 is 27.4 Å². The van der Waals surface area contributed by atoms with Gasteiger partial charge in [0.2, 0.25) is 5.91 Å². The number of ether oxygens (including phenoxy) is 2. The van der Waals surface area contributed by atoms with Crippen molar-refractivity contribution in [2.75, 3.05) is 33.9 Å². The molecule has 5 nitrogen and oxygen atoms in total. The molecule has 0 atom stereocenters. The number of halogens is 4. The highest BCUT2D eigenvalue weighted by atomic mass is 35.5. The third-order valence-electron chi connectivity index (χ3n) is 2.74. The Labute approximate surface area is 139 Å². The molecule has 1 aromatic carbocycles. The molecule has 0 saturated heterocycles. The summed E-state index contributed by atoms with van der Waals surface area (Å²) >= 11 is 0. The molecule has 1 rings (SSSR count). The maximum atomic E-state index is 12.2. The summed E-state index contributed by atoms with van der Waals surface area (Å²) in [4.78, 5) is 13.3. The van der Waals surface area contributed by atoms with Crippen molar-refractivity contribution in [1.82, 2.24) is 10.2 Å². The number of hydrogen-bond donors (Lipinski definition) is 1. The molecule has 0 saturated carbocycles. The predicted molar refractivity (Wildman–Crippen MR) is 81.6 cm³/mol. The van der Waals surface area contributed by atoms with Crippen LogP contribution in [0.3, 0.4) is 0 Å². The Kier molecular flexibility index (Phi) is 9.62. The Bertz CT molecular complexity index is 487. The Balaban J connectivity index is 0.00000484. The smallest absolute Gasteiger partial charge is 0.406 e. The molecule has 0 spiro atoms. The van der Waals surface area contributed by atoms with Gasteiger partial charge in [0.25, 0.3) is 0 Å². The molecule has 0 bridgehead atoms. The van der Waals surface area contributed by atoms with Gasteiger partial charge in [0.15, 0.2) is 0 Å². The number of amides is 1. The third-order valence-corrected chi connectivity index (χ3v) is 2.74. The molecule has 0 aromatic heterocycles.